The van der Waals surface area contributed by atoms with Gasteiger partial charge in [0.15, 0.2) is 11.6 Å². The second kappa shape index (κ2) is 15.0. The van der Waals surface area contributed by atoms with E-state index >= 15 is 4.39 Å². The number of carbonyl (C=O) groups excluding carboxylic acids is 1. The van der Waals surface area contributed by atoms with Crippen LogP contribution in [0.1, 0.15) is 94.9 Å². The highest BCUT2D eigenvalue weighted by Crippen LogP contribution is 2.38. The SMILES string of the molecule is CC(C)c1cccc(C2(NC[C@@H](O)[C@H](Cc3ccc(OCc4ccccc4)c(F)c3)NC(=O)OC(C)(C)C)CCCCC2)c1. The monoisotopic (exact) mass is 604 g/mol. The Kier molecular flexibility index (Phi) is 11.4. The number of rotatable bonds is 12. The molecular weight excluding hydrogens is 555 g/mol. The number of benzene rings is 3. The quantitative estimate of drug-likeness (QED) is 0.197. The molecule has 1 amide bonds. The van der Waals surface area contributed by atoms with Crippen LogP contribution in [-0.4, -0.2) is 35.5 Å². The van der Waals surface area contributed by atoms with Crippen LogP contribution in [0.15, 0.2) is 72.8 Å². The van der Waals surface area contributed by atoms with E-state index in [2.05, 4.69) is 48.7 Å². The number of hydrogen-bond acceptors (Lipinski definition) is 5. The molecule has 3 N–H and O–H groups in total. The summed E-state index contributed by atoms with van der Waals surface area (Å²) in [7, 11) is 0. The van der Waals surface area contributed by atoms with Crippen molar-refractivity contribution in [1.82, 2.24) is 10.6 Å². The van der Waals surface area contributed by atoms with Gasteiger partial charge in [0.2, 0.25) is 0 Å². The van der Waals surface area contributed by atoms with Crippen molar-refractivity contribution in [2.75, 3.05) is 6.54 Å². The maximum Gasteiger partial charge on any atom is 0.407 e. The highest BCUT2D eigenvalue weighted by molar-refractivity contribution is 5.68. The van der Waals surface area contributed by atoms with Gasteiger partial charge < -0.3 is 25.2 Å². The van der Waals surface area contributed by atoms with Gasteiger partial charge in [0.1, 0.15) is 12.2 Å². The molecule has 1 aliphatic rings. The molecule has 238 valence electrons. The highest BCUT2D eigenvalue weighted by atomic mass is 19.1. The predicted molar refractivity (Wildman–Crippen MR) is 173 cm³/mol. The Hall–Kier alpha value is -3.42. The van der Waals surface area contributed by atoms with Gasteiger partial charge >= 0.3 is 6.09 Å². The van der Waals surface area contributed by atoms with Gasteiger partial charge in [0, 0.05) is 12.1 Å². The standard InChI is InChI=1S/C37H49FN2O4/c1-26(2)29-15-12-16-30(23-29)37(19-10-7-11-20-37)39-24-33(41)32(40-35(42)44-36(3,4)5)22-28-17-18-34(31(38)21-28)43-25-27-13-8-6-9-14-27/h6,8-9,12-18,21,23,26,32-33,39,41H,7,10-11,19-20,22,24-25H2,1-5H3,(H,40,42)/t32-,33+/m0/s1. The third-order valence-electron chi connectivity index (χ3n) is 8.32. The fraction of sp³-hybridized carbons (Fsp3) is 0.486. The molecule has 0 spiro atoms. The number of ether oxygens (including phenoxy) is 2. The fourth-order valence-corrected chi connectivity index (χ4v) is 5.88. The lowest BCUT2D eigenvalue weighted by Crippen LogP contribution is -2.53. The average Bonchev–Trinajstić information content (AvgIpc) is 2.99. The summed E-state index contributed by atoms with van der Waals surface area (Å²) in [4.78, 5) is 12.8. The molecule has 1 aliphatic carbocycles. The normalized spacial score (nSPS) is 16.3. The summed E-state index contributed by atoms with van der Waals surface area (Å²) >= 11 is 0. The molecule has 1 saturated carbocycles. The maximum atomic E-state index is 15.1. The first-order chi connectivity index (χ1) is 20.9. The second-order valence-corrected chi connectivity index (χ2v) is 13.4. The molecule has 4 rings (SSSR count). The van der Waals surface area contributed by atoms with E-state index in [1.807, 2.05) is 30.3 Å². The molecule has 44 heavy (non-hydrogen) atoms. The van der Waals surface area contributed by atoms with E-state index in [1.165, 1.54) is 23.6 Å². The summed E-state index contributed by atoms with van der Waals surface area (Å²) in [6.45, 7) is 10.3. The van der Waals surface area contributed by atoms with Crippen LogP contribution in [0.2, 0.25) is 0 Å². The Morgan fingerprint density at radius 1 is 0.955 bits per heavy atom. The first-order valence-corrected chi connectivity index (χ1v) is 15.9. The number of amides is 1. The van der Waals surface area contributed by atoms with Gasteiger partial charge in [-0.05, 0) is 80.3 Å². The van der Waals surface area contributed by atoms with Gasteiger partial charge in [0.05, 0.1) is 12.1 Å². The smallest absolute Gasteiger partial charge is 0.407 e. The molecule has 7 heteroatoms. The topological polar surface area (TPSA) is 79.8 Å². The zero-order valence-electron chi connectivity index (χ0n) is 26.9. The van der Waals surface area contributed by atoms with Crippen molar-refractivity contribution >= 4 is 6.09 Å². The van der Waals surface area contributed by atoms with Gasteiger partial charge in [-0.15, -0.1) is 0 Å². The molecule has 3 aromatic rings. The number of alkyl carbamates (subject to hydrolysis) is 1. The van der Waals surface area contributed by atoms with E-state index < -0.39 is 29.7 Å². The molecule has 6 nitrogen and oxygen atoms in total. The van der Waals surface area contributed by atoms with E-state index in [0.717, 1.165) is 31.2 Å². The van der Waals surface area contributed by atoms with Crippen LogP contribution in [0.5, 0.6) is 5.75 Å². The van der Waals surface area contributed by atoms with E-state index in [-0.39, 0.29) is 30.9 Å². The Morgan fingerprint density at radius 2 is 1.68 bits per heavy atom. The van der Waals surface area contributed by atoms with Crippen molar-refractivity contribution in [1.29, 1.82) is 0 Å². The van der Waals surface area contributed by atoms with Crippen molar-refractivity contribution in [3.63, 3.8) is 0 Å². The summed E-state index contributed by atoms with van der Waals surface area (Å²) in [5.41, 5.74) is 3.14. The zero-order chi connectivity index (χ0) is 31.7. The van der Waals surface area contributed by atoms with Gasteiger partial charge in [-0.3, -0.25) is 0 Å². The Bertz CT molecular complexity index is 1350. The summed E-state index contributed by atoms with van der Waals surface area (Å²) in [5.74, 6) is 0.0757. The Labute approximate surface area is 262 Å². The van der Waals surface area contributed by atoms with Crippen molar-refractivity contribution in [3.05, 3.63) is 101 Å². The third-order valence-corrected chi connectivity index (χ3v) is 8.32. The lowest BCUT2D eigenvalue weighted by Gasteiger charge is -2.40. The minimum absolute atomic E-state index is 0.152. The zero-order valence-corrected chi connectivity index (χ0v) is 26.9. The minimum Gasteiger partial charge on any atom is -0.486 e. The van der Waals surface area contributed by atoms with Crippen LogP contribution >= 0.6 is 0 Å². The summed E-state index contributed by atoms with van der Waals surface area (Å²) in [6.07, 6.45) is 3.98. The number of hydrogen-bond donors (Lipinski definition) is 3. The highest BCUT2D eigenvalue weighted by Gasteiger charge is 2.35. The molecule has 0 aromatic heterocycles. The van der Waals surface area contributed by atoms with E-state index in [4.69, 9.17) is 9.47 Å². The van der Waals surface area contributed by atoms with Crippen molar-refractivity contribution in [2.45, 2.75) is 109 Å². The first kappa shape index (κ1) is 33.5. The third kappa shape index (κ3) is 9.54. The van der Waals surface area contributed by atoms with Gasteiger partial charge in [0.25, 0.3) is 0 Å². The van der Waals surface area contributed by atoms with Gasteiger partial charge in [-0.1, -0.05) is 93.8 Å². The number of aliphatic hydroxyl groups is 1. The maximum absolute atomic E-state index is 15.1. The van der Waals surface area contributed by atoms with E-state index in [9.17, 15) is 9.90 Å². The lowest BCUT2D eigenvalue weighted by molar-refractivity contribution is 0.0408. The molecule has 0 bridgehead atoms. The number of carbonyl (C=O) groups is 1. The molecule has 0 aliphatic heterocycles. The van der Waals surface area contributed by atoms with Crippen LogP contribution in [0, 0.1) is 5.82 Å². The van der Waals surface area contributed by atoms with Crippen LogP contribution in [0.25, 0.3) is 0 Å². The molecule has 3 aromatic carbocycles. The number of halogens is 1. The largest absolute Gasteiger partial charge is 0.486 e. The Balaban J connectivity index is 1.50. The first-order valence-electron chi connectivity index (χ1n) is 15.9. The molecule has 1 fully saturated rings. The van der Waals surface area contributed by atoms with Gasteiger partial charge in [-0.25, -0.2) is 9.18 Å². The second-order valence-electron chi connectivity index (χ2n) is 13.4. The van der Waals surface area contributed by atoms with Crippen LogP contribution < -0.4 is 15.4 Å². The number of nitrogens with one attached hydrogen (secondary N) is 2. The Morgan fingerprint density at radius 3 is 2.34 bits per heavy atom. The lowest BCUT2D eigenvalue weighted by atomic mass is 9.75. The molecule has 2 atom stereocenters. The average molecular weight is 605 g/mol. The molecule has 0 saturated heterocycles. The minimum atomic E-state index is -0.952. The molecular formula is C37H49FN2O4. The van der Waals surface area contributed by atoms with E-state index in [1.54, 1.807) is 32.9 Å². The summed E-state index contributed by atoms with van der Waals surface area (Å²) in [5, 5.41) is 18.1. The van der Waals surface area contributed by atoms with Crippen molar-refractivity contribution < 1.29 is 23.8 Å². The van der Waals surface area contributed by atoms with Crippen LogP contribution in [-0.2, 0) is 23.3 Å². The summed E-state index contributed by atoms with van der Waals surface area (Å²) < 4.78 is 26.3. The molecule has 0 unspecified atom stereocenters. The van der Waals surface area contributed by atoms with Crippen molar-refractivity contribution in [2.24, 2.45) is 0 Å². The fourth-order valence-electron chi connectivity index (χ4n) is 5.88. The van der Waals surface area contributed by atoms with Crippen LogP contribution in [0.3, 0.4) is 0 Å². The molecule has 0 heterocycles. The van der Waals surface area contributed by atoms with Crippen LogP contribution in [0.4, 0.5) is 9.18 Å². The van der Waals surface area contributed by atoms with Gasteiger partial charge in [-0.2, -0.15) is 0 Å². The molecule has 0 radical (unpaired) electrons. The van der Waals surface area contributed by atoms with Crippen molar-refractivity contribution in [3.8, 4) is 5.75 Å². The number of aliphatic hydroxyl groups excluding tert-OH is 1. The predicted octanol–water partition coefficient (Wildman–Crippen LogP) is 7.77. The summed E-state index contributed by atoms with van der Waals surface area (Å²) in [6, 6.07) is 22.4. The van der Waals surface area contributed by atoms with E-state index in [0.29, 0.717) is 11.5 Å².